The average Bonchev–Trinajstić information content (AvgIpc) is 3.31. The molecule has 254 valence electrons. The first-order chi connectivity index (χ1) is 21.3. The van der Waals surface area contributed by atoms with Gasteiger partial charge in [0, 0.05) is 55.4 Å². The molecule has 0 aromatic heterocycles. The van der Waals surface area contributed by atoms with Crippen LogP contribution in [0.5, 0.6) is 0 Å². The van der Waals surface area contributed by atoms with Crippen molar-refractivity contribution in [3.63, 3.8) is 0 Å². The number of terminal acetylenes is 1. The summed E-state index contributed by atoms with van der Waals surface area (Å²) < 4.78 is 25.7. The molecule has 45 heavy (non-hydrogen) atoms. The summed E-state index contributed by atoms with van der Waals surface area (Å²) in [5.74, 6) is -0.243. The molecule has 0 aromatic carbocycles. The maximum atomic E-state index is 14.1. The van der Waals surface area contributed by atoms with Crippen LogP contribution in [0.4, 0.5) is 0 Å². The number of nitrogens with zero attached hydrogens (tertiary/aromatic N) is 2. The fourth-order valence-corrected chi connectivity index (χ4v) is 8.10. The molecule has 0 unspecified atom stereocenters. The van der Waals surface area contributed by atoms with E-state index < -0.39 is 53.5 Å². The molecule has 0 saturated carbocycles. The molecule has 11 heteroatoms. The molecule has 12 atom stereocenters. The predicted octanol–water partition coefficient (Wildman–Crippen LogP) is 3.49. The van der Waals surface area contributed by atoms with Gasteiger partial charge in [0.05, 0.1) is 37.0 Å². The van der Waals surface area contributed by atoms with Gasteiger partial charge in [0.15, 0.2) is 17.7 Å². The van der Waals surface area contributed by atoms with Gasteiger partial charge in [-0.05, 0) is 54.0 Å². The summed E-state index contributed by atoms with van der Waals surface area (Å²) in [7, 11) is 2.07. The normalized spacial score (nSPS) is 43.2. The van der Waals surface area contributed by atoms with Crippen LogP contribution in [0.25, 0.3) is 0 Å². The molecule has 0 amide bonds. The van der Waals surface area contributed by atoms with Crippen molar-refractivity contribution < 1.29 is 38.7 Å². The number of aliphatic imine (C=N–C) groups is 1. The highest BCUT2D eigenvalue weighted by Gasteiger charge is 2.55. The molecule has 4 aliphatic rings. The van der Waals surface area contributed by atoms with Crippen LogP contribution >= 0.6 is 0 Å². The highest BCUT2D eigenvalue weighted by atomic mass is 17.1. The van der Waals surface area contributed by atoms with Crippen molar-refractivity contribution in [3.05, 3.63) is 0 Å². The van der Waals surface area contributed by atoms with E-state index in [1.807, 2.05) is 20.8 Å². The number of carbonyl (C=O) groups is 2. The van der Waals surface area contributed by atoms with Gasteiger partial charge in [-0.1, -0.05) is 20.8 Å². The Bertz CT molecular complexity index is 1130. The fourth-order valence-electron chi connectivity index (χ4n) is 8.10. The number of ketones is 1. The van der Waals surface area contributed by atoms with Crippen LogP contribution in [-0.2, 0) is 33.4 Å². The minimum Gasteiger partial charge on any atom is -0.459 e. The molecule has 2 N–H and O–H groups in total. The number of Topliss-reactive ketones (excluding diaryl/α,β-unsaturated/α-hetero) is 1. The zero-order valence-corrected chi connectivity index (χ0v) is 28.4. The number of ether oxygens (including phenoxy) is 4. The van der Waals surface area contributed by atoms with Crippen LogP contribution in [0, 0.1) is 36.0 Å². The Labute approximate surface area is 269 Å². The van der Waals surface area contributed by atoms with Crippen molar-refractivity contribution in [2.45, 2.75) is 128 Å². The summed E-state index contributed by atoms with van der Waals surface area (Å²) in [5, 5.41) is 13.8. The molecule has 0 aliphatic carbocycles. The molecule has 4 rings (SSSR count). The van der Waals surface area contributed by atoms with Crippen molar-refractivity contribution in [2.24, 2.45) is 28.7 Å². The summed E-state index contributed by atoms with van der Waals surface area (Å²) in [4.78, 5) is 40.1. The van der Waals surface area contributed by atoms with Gasteiger partial charge in [-0.2, -0.15) is 0 Å². The van der Waals surface area contributed by atoms with Gasteiger partial charge < -0.3 is 29.2 Å². The molecular formula is C34H55N3O8. The molecule has 4 bridgehead atoms. The standard InChI is InChI=1S/C34H55N3O8/c1-10-12-15-37(9)25-16-20(3)42-27(17-25)44-31-22(5)29(38)23(6)32(39)43-26(11-2)34(8,45-40)30-21(4)28(35-13-14-36-30)24-18-33(31,7)41-19-24/h1,20-27,30-31,36,40H,11-19H2,2-9H3/t20-,21+,22+,23-,24+,25+,26-,27+,30-,31-,33-,34-/m1/s1. The SMILES string of the molecule is C#CCCN(C)[C@@H]1C[C@H](O[C@@H]2[C@@H](C)C(=O)[C@@H](C)C(=O)O[C@H](CC)[C@@](C)(OO)[C@@H]3NCCN=C([C@@H]4CO[C@]2(C)C4)[C@@H]3C)O[C@H](C)C1. The smallest absolute Gasteiger partial charge is 0.316 e. The first-order valence-electron chi connectivity index (χ1n) is 16.7. The number of hydrogen-bond donors (Lipinski definition) is 2. The first-order valence-corrected chi connectivity index (χ1v) is 16.7. The highest BCUT2D eigenvalue weighted by molar-refractivity contribution is 6.00. The topological polar surface area (TPSA) is 128 Å². The maximum absolute atomic E-state index is 14.1. The molecular weight excluding hydrogens is 578 g/mol. The van der Waals surface area contributed by atoms with Crippen LogP contribution < -0.4 is 5.32 Å². The second kappa shape index (κ2) is 14.9. The van der Waals surface area contributed by atoms with E-state index in [4.69, 9.17) is 35.3 Å². The van der Waals surface area contributed by atoms with E-state index in [9.17, 15) is 14.8 Å². The Morgan fingerprint density at radius 1 is 1.18 bits per heavy atom. The minimum absolute atomic E-state index is 0.0411. The van der Waals surface area contributed by atoms with E-state index in [-0.39, 0.29) is 29.8 Å². The summed E-state index contributed by atoms with van der Waals surface area (Å²) in [5.41, 5.74) is -1.19. The number of carbonyl (C=O) groups excluding carboxylic acids is 2. The lowest BCUT2D eigenvalue weighted by molar-refractivity contribution is -0.349. The quantitative estimate of drug-likeness (QED) is 0.141. The molecule has 4 heterocycles. The minimum atomic E-state index is -1.29. The van der Waals surface area contributed by atoms with E-state index in [2.05, 4.69) is 30.1 Å². The van der Waals surface area contributed by atoms with Crippen LogP contribution in [0.15, 0.2) is 4.99 Å². The number of nitrogens with one attached hydrogen (secondary N) is 1. The summed E-state index contributed by atoms with van der Waals surface area (Å²) in [6, 6.07) is -0.218. The lowest BCUT2D eigenvalue weighted by Gasteiger charge is -2.44. The molecule has 3 fully saturated rings. The Morgan fingerprint density at radius 3 is 2.58 bits per heavy atom. The zero-order valence-electron chi connectivity index (χ0n) is 28.4. The third-order valence-corrected chi connectivity index (χ3v) is 10.8. The summed E-state index contributed by atoms with van der Waals surface area (Å²) in [6.45, 7) is 15.4. The predicted molar refractivity (Wildman–Crippen MR) is 170 cm³/mol. The van der Waals surface area contributed by atoms with Gasteiger partial charge in [-0.15, -0.1) is 12.3 Å². The Balaban J connectivity index is 1.71. The van der Waals surface area contributed by atoms with Gasteiger partial charge in [-0.3, -0.25) is 19.8 Å². The third-order valence-electron chi connectivity index (χ3n) is 10.8. The summed E-state index contributed by atoms with van der Waals surface area (Å²) >= 11 is 0. The molecule has 4 aliphatic heterocycles. The fraction of sp³-hybridized carbons (Fsp3) is 0.853. The van der Waals surface area contributed by atoms with Crippen LogP contribution in [0.3, 0.4) is 0 Å². The third kappa shape index (κ3) is 7.48. The molecule has 3 saturated heterocycles. The monoisotopic (exact) mass is 633 g/mol. The first kappa shape index (κ1) is 35.9. The van der Waals surface area contributed by atoms with Crippen molar-refractivity contribution in [1.29, 1.82) is 0 Å². The number of fused-ring (bicyclic) bond motifs is 5. The van der Waals surface area contributed by atoms with Gasteiger partial charge >= 0.3 is 5.97 Å². The van der Waals surface area contributed by atoms with Gasteiger partial charge in [-0.25, -0.2) is 4.89 Å². The van der Waals surface area contributed by atoms with E-state index in [0.29, 0.717) is 45.4 Å². The van der Waals surface area contributed by atoms with E-state index in [1.165, 1.54) is 0 Å². The summed E-state index contributed by atoms with van der Waals surface area (Å²) in [6.07, 6.45) is 6.47. The largest absolute Gasteiger partial charge is 0.459 e. The molecule has 0 radical (unpaired) electrons. The van der Waals surface area contributed by atoms with E-state index >= 15 is 0 Å². The highest BCUT2D eigenvalue weighted by Crippen LogP contribution is 2.43. The molecule has 11 nitrogen and oxygen atoms in total. The number of esters is 1. The second-order valence-electron chi connectivity index (χ2n) is 14.1. The second-order valence-corrected chi connectivity index (χ2v) is 14.1. The van der Waals surface area contributed by atoms with Crippen molar-refractivity contribution in [2.75, 3.05) is 33.3 Å². The number of cyclic esters (lactones) is 1. The van der Waals surface area contributed by atoms with Crippen molar-refractivity contribution in [3.8, 4) is 12.3 Å². The lowest BCUT2D eigenvalue weighted by Crippen LogP contribution is -2.62. The van der Waals surface area contributed by atoms with E-state index in [0.717, 1.165) is 18.7 Å². The maximum Gasteiger partial charge on any atom is 0.316 e. The Hall–Kier alpha value is -1.91. The van der Waals surface area contributed by atoms with Gasteiger partial charge in [0.2, 0.25) is 0 Å². The van der Waals surface area contributed by atoms with Crippen molar-refractivity contribution >= 4 is 17.5 Å². The van der Waals surface area contributed by atoms with E-state index in [1.54, 1.807) is 20.8 Å². The van der Waals surface area contributed by atoms with Gasteiger partial charge in [0.25, 0.3) is 0 Å². The van der Waals surface area contributed by atoms with Crippen LogP contribution in [0.1, 0.15) is 80.6 Å². The van der Waals surface area contributed by atoms with Gasteiger partial charge in [0.1, 0.15) is 12.0 Å². The average molecular weight is 634 g/mol. The van der Waals surface area contributed by atoms with Crippen LogP contribution in [0.2, 0.25) is 0 Å². The number of rotatable bonds is 7. The Morgan fingerprint density at radius 2 is 1.91 bits per heavy atom. The Kier molecular flexibility index (Phi) is 11.9. The zero-order chi connectivity index (χ0) is 33.1. The number of hydrogen-bond acceptors (Lipinski definition) is 11. The van der Waals surface area contributed by atoms with Crippen molar-refractivity contribution in [1.82, 2.24) is 10.2 Å². The molecule has 0 aromatic rings. The van der Waals surface area contributed by atoms with Crippen LogP contribution in [-0.4, -0.2) is 109 Å². The lowest BCUT2D eigenvalue weighted by atomic mass is 9.74. The molecule has 0 spiro atoms.